The molecule has 120 valence electrons. The summed E-state index contributed by atoms with van der Waals surface area (Å²) in [5.41, 5.74) is 13.7. The summed E-state index contributed by atoms with van der Waals surface area (Å²) < 4.78 is 5.09. The second-order valence-corrected chi connectivity index (χ2v) is 5.16. The van der Waals surface area contributed by atoms with E-state index in [0.717, 1.165) is 5.56 Å². The quantitative estimate of drug-likeness (QED) is 0.294. The zero-order valence-corrected chi connectivity index (χ0v) is 13.4. The SMILES string of the molecule is COc1ccc(Cl)cc1C(=O)O/N=C(\N)c1cccc(N)c1C. The van der Waals surface area contributed by atoms with E-state index in [-0.39, 0.29) is 11.4 Å². The van der Waals surface area contributed by atoms with Gasteiger partial charge in [0.15, 0.2) is 5.84 Å². The van der Waals surface area contributed by atoms with Crippen LogP contribution in [0.4, 0.5) is 5.69 Å². The minimum Gasteiger partial charge on any atom is -0.496 e. The molecule has 0 aliphatic rings. The second kappa shape index (κ2) is 7.02. The van der Waals surface area contributed by atoms with E-state index in [1.807, 2.05) is 0 Å². The van der Waals surface area contributed by atoms with Crippen LogP contribution in [-0.4, -0.2) is 18.9 Å². The van der Waals surface area contributed by atoms with Crippen LogP contribution in [0.25, 0.3) is 0 Å². The number of hydrogen-bond acceptors (Lipinski definition) is 5. The first-order valence-electron chi connectivity index (χ1n) is 6.68. The molecule has 2 rings (SSSR count). The molecule has 7 heteroatoms. The van der Waals surface area contributed by atoms with Crippen molar-refractivity contribution >= 4 is 29.1 Å². The first-order chi connectivity index (χ1) is 10.9. The average molecular weight is 334 g/mol. The maximum Gasteiger partial charge on any atom is 0.369 e. The van der Waals surface area contributed by atoms with Crippen molar-refractivity contribution in [3.05, 3.63) is 58.1 Å². The number of carbonyl (C=O) groups excluding carboxylic acids is 1. The van der Waals surface area contributed by atoms with E-state index in [4.69, 9.17) is 32.6 Å². The predicted molar refractivity (Wildman–Crippen MR) is 89.7 cm³/mol. The van der Waals surface area contributed by atoms with Gasteiger partial charge in [-0.3, -0.25) is 0 Å². The Labute approximate surface area is 138 Å². The lowest BCUT2D eigenvalue weighted by Crippen LogP contribution is -2.17. The first kappa shape index (κ1) is 16.6. The number of nitrogens with two attached hydrogens (primary N) is 2. The molecule has 0 fully saturated rings. The summed E-state index contributed by atoms with van der Waals surface area (Å²) in [6.07, 6.45) is 0. The number of oxime groups is 1. The van der Waals surface area contributed by atoms with E-state index < -0.39 is 5.97 Å². The number of amidine groups is 1. The predicted octanol–water partition coefficient (Wildman–Crippen LogP) is 2.72. The van der Waals surface area contributed by atoms with Crippen LogP contribution in [-0.2, 0) is 4.84 Å². The molecule has 0 aliphatic carbocycles. The lowest BCUT2D eigenvalue weighted by atomic mass is 10.1. The topological polar surface area (TPSA) is 99.9 Å². The first-order valence-corrected chi connectivity index (χ1v) is 7.05. The van der Waals surface area contributed by atoms with Gasteiger partial charge >= 0.3 is 5.97 Å². The Morgan fingerprint density at radius 1 is 1.22 bits per heavy atom. The third-order valence-corrected chi connectivity index (χ3v) is 3.50. The summed E-state index contributed by atoms with van der Waals surface area (Å²) >= 11 is 5.88. The Kier molecular flexibility index (Phi) is 5.08. The summed E-state index contributed by atoms with van der Waals surface area (Å²) in [5, 5.41) is 4.04. The van der Waals surface area contributed by atoms with Crippen molar-refractivity contribution in [3.8, 4) is 5.75 Å². The van der Waals surface area contributed by atoms with Gasteiger partial charge in [-0.05, 0) is 36.8 Å². The summed E-state index contributed by atoms with van der Waals surface area (Å²) in [7, 11) is 1.44. The number of benzene rings is 2. The lowest BCUT2D eigenvalue weighted by molar-refractivity contribution is 0.0512. The molecule has 2 aromatic rings. The number of hydrogen-bond donors (Lipinski definition) is 2. The molecule has 2 aromatic carbocycles. The number of nitrogens with zero attached hydrogens (tertiary/aromatic N) is 1. The second-order valence-electron chi connectivity index (χ2n) is 4.72. The highest BCUT2D eigenvalue weighted by Gasteiger charge is 2.15. The van der Waals surface area contributed by atoms with Gasteiger partial charge < -0.3 is 21.0 Å². The van der Waals surface area contributed by atoms with Gasteiger partial charge in [0.1, 0.15) is 11.3 Å². The molecular weight excluding hydrogens is 318 g/mol. The number of ether oxygens (including phenoxy) is 1. The van der Waals surface area contributed by atoms with Crippen LogP contribution in [0.1, 0.15) is 21.5 Å². The molecule has 0 heterocycles. The van der Waals surface area contributed by atoms with Crippen LogP contribution in [0, 0.1) is 6.92 Å². The molecule has 6 nitrogen and oxygen atoms in total. The Balaban J connectivity index is 2.24. The summed E-state index contributed by atoms with van der Waals surface area (Å²) in [4.78, 5) is 17.0. The Morgan fingerprint density at radius 3 is 2.65 bits per heavy atom. The van der Waals surface area contributed by atoms with Crippen LogP contribution >= 0.6 is 11.6 Å². The van der Waals surface area contributed by atoms with Gasteiger partial charge in [0.05, 0.1) is 7.11 Å². The number of halogens is 1. The van der Waals surface area contributed by atoms with Crippen molar-refractivity contribution in [3.63, 3.8) is 0 Å². The maximum absolute atomic E-state index is 12.1. The zero-order valence-electron chi connectivity index (χ0n) is 12.7. The largest absolute Gasteiger partial charge is 0.496 e. The molecule has 4 N–H and O–H groups in total. The highest BCUT2D eigenvalue weighted by atomic mass is 35.5. The minimum atomic E-state index is -0.728. The number of nitrogen functional groups attached to an aromatic ring is 1. The van der Waals surface area contributed by atoms with Crippen molar-refractivity contribution in [1.29, 1.82) is 0 Å². The van der Waals surface area contributed by atoms with Gasteiger partial charge in [0, 0.05) is 16.3 Å². The fourth-order valence-electron chi connectivity index (χ4n) is 1.96. The molecule has 0 aromatic heterocycles. The number of carbonyl (C=O) groups is 1. The summed E-state index contributed by atoms with van der Waals surface area (Å²) in [5.74, 6) is -0.355. The Hall–Kier alpha value is -2.73. The molecule has 0 saturated heterocycles. The van der Waals surface area contributed by atoms with E-state index in [1.54, 1.807) is 37.3 Å². The standard InChI is InChI=1S/C16H16ClN3O3/c1-9-11(4-3-5-13(9)18)15(19)20-23-16(21)12-8-10(17)6-7-14(12)22-2/h3-8H,18H2,1-2H3,(H2,19,20). The maximum atomic E-state index is 12.1. The van der Waals surface area contributed by atoms with Crippen molar-refractivity contribution in [1.82, 2.24) is 0 Å². The molecule has 0 aliphatic heterocycles. The normalized spacial score (nSPS) is 11.2. The van der Waals surface area contributed by atoms with Crippen LogP contribution in [0.5, 0.6) is 5.75 Å². The zero-order chi connectivity index (χ0) is 17.0. The van der Waals surface area contributed by atoms with Gasteiger partial charge in [-0.15, -0.1) is 0 Å². The van der Waals surface area contributed by atoms with E-state index in [9.17, 15) is 4.79 Å². The van der Waals surface area contributed by atoms with Gasteiger partial charge in [-0.25, -0.2) is 4.79 Å². The Bertz CT molecular complexity index is 775. The highest BCUT2D eigenvalue weighted by Crippen LogP contribution is 2.23. The van der Waals surface area contributed by atoms with Crippen LogP contribution in [0.2, 0.25) is 5.02 Å². The fourth-order valence-corrected chi connectivity index (χ4v) is 2.13. The third-order valence-electron chi connectivity index (χ3n) is 3.26. The molecule has 0 spiro atoms. The van der Waals surface area contributed by atoms with Crippen molar-refractivity contribution in [2.75, 3.05) is 12.8 Å². The summed E-state index contributed by atoms with van der Waals surface area (Å²) in [6, 6.07) is 9.81. The number of methoxy groups -OCH3 is 1. The van der Waals surface area contributed by atoms with Gasteiger partial charge in [0.2, 0.25) is 0 Å². The van der Waals surface area contributed by atoms with Crippen LogP contribution in [0.15, 0.2) is 41.6 Å². The minimum absolute atomic E-state index is 0.0455. The molecule has 23 heavy (non-hydrogen) atoms. The van der Waals surface area contributed by atoms with Crippen molar-refractivity contribution < 1.29 is 14.4 Å². The lowest BCUT2D eigenvalue weighted by Gasteiger charge is -2.08. The van der Waals surface area contributed by atoms with Gasteiger partial charge in [-0.1, -0.05) is 28.9 Å². The monoisotopic (exact) mass is 333 g/mol. The third kappa shape index (κ3) is 3.73. The smallest absolute Gasteiger partial charge is 0.369 e. The number of anilines is 1. The molecular formula is C16H16ClN3O3. The molecule has 0 bridgehead atoms. The fraction of sp³-hybridized carbons (Fsp3) is 0.125. The van der Waals surface area contributed by atoms with Gasteiger partial charge in [0.25, 0.3) is 0 Å². The van der Waals surface area contributed by atoms with Crippen molar-refractivity contribution in [2.45, 2.75) is 6.92 Å². The van der Waals surface area contributed by atoms with E-state index in [2.05, 4.69) is 5.16 Å². The van der Waals surface area contributed by atoms with E-state index >= 15 is 0 Å². The molecule has 0 radical (unpaired) electrons. The molecule has 0 atom stereocenters. The van der Waals surface area contributed by atoms with E-state index in [1.165, 1.54) is 13.2 Å². The highest BCUT2D eigenvalue weighted by molar-refractivity contribution is 6.31. The van der Waals surface area contributed by atoms with Gasteiger partial charge in [-0.2, -0.15) is 0 Å². The average Bonchev–Trinajstić information content (AvgIpc) is 2.54. The molecule has 0 unspecified atom stereocenters. The van der Waals surface area contributed by atoms with E-state index in [0.29, 0.717) is 22.0 Å². The molecule has 0 saturated carbocycles. The van der Waals surface area contributed by atoms with Crippen LogP contribution < -0.4 is 16.2 Å². The van der Waals surface area contributed by atoms with Crippen molar-refractivity contribution in [2.24, 2.45) is 10.9 Å². The molecule has 0 amide bonds. The van der Waals surface area contributed by atoms with Crippen LogP contribution in [0.3, 0.4) is 0 Å². The Morgan fingerprint density at radius 2 is 1.96 bits per heavy atom. The summed E-state index contributed by atoms with van der Waals surface area (Å²) in [6.45, 7) is 1.80. The number of rotatable bonds is 4.